The molecular formula is C10H9IO2. The van der Waals surface area contributed by atoms with Gasteiger partial charge in [0.05, 0.1) is 3.58 Å². The van der Waals surface area contributed by atoms with Crippen LogP contribution in [0.1, 0.15) is 12.5 Å². The SMILES string of the molecule is CC(=O)/C(I)=C(\O)c1ccccc1. The van der Waals surface area contributed by atoms with Gasteiger partial charge in [-0.15, -0.1) is 0 Å². The molecule has 68 valence electrons. The van der Waals surface area contributed by atoms with E-state index in [9.17, 15) is 9.90 Å². The first-order valence-electron chi connectivity index (χ1n) is 3.78. The fraction of sp³-hybridized carbons (Fsp3) is 0.100. The van der Waals surface area contributed by atoms with Crippen LogP contribution in [0.25, 0.3) is 5.76 Å². The Morgan fingerprint density at radius 2 is 1.85 bits per heavy atom. The second kappa shape index (κ2) is 4.41. The minimum absolute atomic E-state index is 0.0497. The van der Waals surface area contributed by atoms with Crippen LogP contribution in [0.5, 0.6) is 0 Å². The van der Waals surface area contributed by atoms with Crippen LogP contribution in [0.15, 0.2) is 33.9 Å². The first-order valence-corrected chi connectivity index (χ1v) is 4.86. The predicted octanol–water partition coefficient (Wildman–Crippen LogP) is 2.94. The molecule has 13 heavy (non-hydrogen) atoms. The molecule has 1 aromatic carbocycles. The standard InChI is InChI=1S/C10H9IO2/c1-7(12)9(11)10(13)8-5-3-2-4-6-8/h2-6,13H,1H3/b10-9+. The Kier molecular flexibility index (Phi) is 3.48. The molecule has 0 aliphatic rings. The Labute approximate surface area is 90.4 Å². The van der Waals surface area contributed by atoms with E-state index in [1.54, 1.807) is 12.1 Å². The smallest absolute Gasteiger partial charge is 0.169 e. The number of benzene rings is 1. The van der Waals surface area contributed by atoms with Crippen LogP contribution in [0, 0.1) is 0 Å². The van der Waals surface area contributed by atoms with Crippen molar-refractivity contribution in [2.45, 2.75) is 6.92 Å². The first kappa shape index (κ1) is 10.2. The second-order valence-electron chi connectivity index (χ2n) is 2.58. The van der Waals surface area contributed by atoms with Crippen molar-refractivity contribution in [3.05, 3.63) is 39.5 Å². The highest BCUT2D eigenvalue weighted by Crippen LogP contribution is 2.20. The second-order valence-corrected chi connectivity index (χ2v) is 3.66. The lowest BCUT2D eigenvalue weighted by atomic mass is 10.1. The summed E-state index contributed by atoms with van der Waals surface area (Å²) in [6.07, 6.45) is 0. The van der Waals surface area contributed by atoms with E-state index in [0.29, 0.717) is 9.14 Å². The molecule has 0 spiro atoms. The van der Waals surface area contributed by atoms with Gasteiger partial charge < -0.3 is 5.11 Å². The van der Waals surface area contributed by atoms with Crippen molar-refractivity contribution >= 4 is 34.1 Å². The van der Waals surface area contributed by atoms with Crippen LogP contribution < -0.4 is 0 Å². The molecule has 0 aromatic heterocycles. The third-order valence-corrected chi connectivity index (χ3v) is 2.83. The van der Waals surface area contributed by atoms with Crippen molar-refractivity contribution in [3.63, 3.8) is 0 Å². The van der Waals surface area contributed by atoms with Gasteiger partial charge in [0.25, 0.3) is 0 Å². The van der Waals surface area contributed by atoms with Crippen LogP contribution >= 0.6 is 22.6 Å². The van der Waals surface area contributed by atoms with Crippen molar-refractivity contribution in [1.82, 2.24) is 0 Å². The highest BCUT2D eigenvalue weighted by Gasteiger charge is 2.08. The lowest BCUT2D eigenvalue weighted by molar-refractivity contribution is -0.112. The minimum Gasteiger partial charge on any atom is -0.506 e. The van der Waals surface area contributed by atoms with Crippen LogP contribution in [-0.2, 0) is 4.79 Å². The van der Waals surface area contributed by atoms with E-state index >= 15 is 0 Å². The number of aliphatic hydroxyl groups excluding tert-OH is 1. The number of aliphatic hydroxyl groups is 1. The van der Waals surface area contributed by atoms with Crippen molar-refractivity contribution in [2.75, 3.05) is 0 Å². The monoisotopic (exact) mass is 288 g/mol. The van der Waals surface area contributed by atoms with Crippen LogP contribution in [-0.4, -0.2) is 10.9 Å². The van der Waals surface area contributed by atoms with Gasteiger partial charge in [0.15, 0.2) is 5.78 Å². The van der Waals surface area contributed by atoms with Gasteiger partial charge in [0.1, 0.15) is 5.76 Å². The predicted molar refractivity (Wildman–Crippen MR) is 60.7 cm³/mol. The maximum absolute atomic E-state index is 10.9. The molecule has 0 radical (unpaired) electrons. The molecule has 0 bridgehead atoms. The maximum Gasteiger partial charge on any atom is 0.169 e. The van der Waals surface area contributed by atoms with E-state index in [-0.39, 0.29) is 11.5 Å². The number of allylic oxidation sites excluding steroid dienone is 1. The highest BCUT2D eigenvalue weighted by atomic mass is 127. The molecular weight excluding hydrogens is 279 g/mol. The number of halogens is 1. The minimum atomic E-state index is -0.123. The molecule has 0 amide bonds. The van der Waals surface area contributed by atoms with Gasteiger partial charge >= 0.3 is 0 Å². The summed E-state index contributed by atoms with van der Waals surface area (Å²) in [6.45, 7) is 1.43. The van der Waals surface area contributed by atoms with Crippen molar-refractivity contribution in [1.29, 1.82) is 0 Å². The summed E-state index contributed by atoms with van der Waals surface area (Å²) in [6, 6.07) is 9.01. The molecule has 0 saturated heterocycles. The molecule has 0 aliphatic carbocycles. The van der Waals surface area contributed by atoms with Crippen LogP contribution in [0.4, 0.5) is 0 Å². The topological polar surface area (TPSA) is 37.3 Å². The molecule has 0 unspecified atom stereocenters. The molecule has 0 fully saturated rings. The van der Waals surface area contributed by atoms with Gasteiger partial charge in [0.2, 0.25) is 0 Å². The largest absolute Gasteiger partial charge is 0.506 e. The quantitative estimate of drug-likeness (QED) is 0.516. The molecule has 1 aromatic rings. The van der Waals surface area contributed by atoms with Crippen molar-refractivity contribution in [2.24, 2.45) is 0 Å². The van der Waals surface area contributed by atoms with Gasteiger partial charge in [-0.2, -0.15) is 0 Å². The Bertz CT molecular complexity index is 341. The third-order valence-electron chi connectivity index (χ3n) is 1.56. The summed E-state index contributed by atoms with van der Waals surface area (Å²) in [4.78, 5) is 10.9. The zero-order chi connectivity index (χ0) is 9.84. The van der Waals surface area contributed by atoms with Crippen molar-refractivity contribution in [3.8, 4) is 0 Å². The summed E-state index contributed by atoms with van der Waals surface area (Å²) in [5, 5.41) is 9.61. The van der Waals surface area contributed by atoms with E-state index in [1.807, 2.05) is 40.8 Å². The van der Waals surface area contributed by atoms with Crippen LogP contribution in [0.2, 0.25) is 0 Å². The molecule has 1 rings (SSSR count). The van der Waals surface area contributed by atoms with Crippen molar-refractivity contribution < 1.29 is 9.90 Å². The third kappa shape index (κ3) is 2.55. The number of ketones is 1. The zero-order valence-electron chi connectivity index (χ0n) is 7.12. The van der Waals surface area contributed by atoms with E-state index in [0.717, 1.165) is 0 Å². The summed E-state index contributed by atoms with van der Waals surface area (Å²) >= 11 is 1.84. The van der Waals surface area contributed by atoms with E-state index in [4.69, 9.17) is 0 Å². The number of rotatable bonds is 2. The molecule has 0 heterocycles. The lowest BCUT2D eigenvalue weighted by Crippen LogP contribution is -1.94. The normalized spacial score (nSPS) is 12.2. The van der Waals surface area contributed by atoms with E-state index in [1.165, 1.54) is 6.92 Å². The fourth-order valence-electron chi connectivity index (χ4n) is 0.889. The fourth-order valence-corrected chi connectivity index (χ4v) is 1.20. The lowest BCUT2D eigenvalue weighted by Gasteiger charge is -2.01. The maximum atomic E-state index is 10.9. The number of carbonyl (C=O) groups excluding carboxylic acids is 1. The molecule has 1 N–H and O–H groups in total. The highest BCUT2D eigenvalue weighted by molar-refractivity contribution is 14.1. The summed E-state index contributed by atoms with van der Waals surface area (Å²) < 4.78 is 0.365. The Hall–Kier alpha value is -0.840. The molecule has 2 nitrogen and oxygen atoms in total. The van der Waals surface area contributed by atoms with Gasteiger partial charge in [-0.25, -0.2) is 0 Å². The summed E-state index contributed by atoms with van der Waals surface area (Å²) in [5.74, 6) is -0.0735. The molecule has 0 saturated carbocycles. The Morgan fingerprint density at radius 3 is 2.31 bits per heavy atom. The molecule has 0 atom stereocenters. The van der Waals surface area contributed by atoms with Gasteiger partial charge in [0, 0.05) is 5.56 Å². The van der Waals surface area contributed by atoms with Gasteiger partial charge in [-0.05, 0) is 29.5 Å². The van der Waals surface area contributed by atoms with Gasteiger partial charge in [-0.1, -0.05) is 30.3 Å². The zero-order valence-corrected chi connectivity index (χ0v) is 9.28. The number of carbonyl (C=O) groups is 1. The number of Topliss-reactive ketones (excluding diaryl/α,β-unsaturated/α-hetero) is 1. The van der Waals surface area contributed by atoms with Crippen LogP contribution in [0.3, 0.4) is 0 Å². The van der Waals surface area contributed by atoms with E-state index in [2.05, 4.69) is 0 Å². The Morgan fingerprint density at radius 1 is 1.31 bits per heavy atom. The summed E-state index contributed by atoms with van der Waals surface area (Å²) in [5.41, 5.74) is 0.669. The number of hydrogen-bond donors (Lipinski definition) is 1. The average Bonchev–Trinajstić information content (AvgIpc) is 2.17. The van der Waals surface area contributed by atoms with Gasteiger partial charge in [-0.3, -0.25) is 4.79 Å². The molecule has 3 heteroatoms. The average molecular weight is 288 g/mol. The van der Waals surface area contributed by atoms with E-state index < -0.39 is 0 Å². The first-order chi connectivity index (χ1) is 6.13. The number of hydrogen-bond acceptors (Lipinski definition) is 2. The summed E-state index contributed by atoms with van der Waals surface area (Å²) in [7, 11) is 0. The molecule has 0 aliphatic heterocycles. The Balaban J connectivity index is 3.11.